The van der Waals surface area contributed by atoms with Crippen molar-refractivity contribution in [1.82, 2.24) is 9.80 Å². The van der Waals surface area contributed by atoms with E-state index in [4.69, 9.17) is 16.3 Å². The summed E-state index contributed by atoms with van der Waals surface area (Å²) in [6.45, 7) is 3.08. The fourth-order valence-corrected chi connectivity index (χ4v) is 3.60. The SMILES string of the molecule is C#CCCC1(CCC(=O)N2CCC3CN(C)CC32)N=N1.O=C(O)C(F)(F)F. The van der Waals surface area contributed by atoms with E-state index in [1.807, 2.05) is 0 Å². The molecule has 0 radical (unpaired) electrons. The van der Waals surface area contributed by atoms with Crippen LogP contribution in [0.2, 0.25) is 0 Å². The second kappa shape index (κ2) is 8.25. The number of fused-ring (bicyclic) bond motifs is 1. The summed E-state index contributed by atoms with van der Waals surface area (Å²) in [5.74, 6) is 0.808. The van der Waals surface area contributed by atoms with Gasteiger partial charge in [-0.3, -0.25) is 4.79 Å². The summed E-state index contributed by atoms with van der Waals surface area (Å²) in [6.07, 6.45) is 4.07. The zero-order valence-electron chi connectivity index (χ0n) is 15.1. The lowest BCUT2D eigenvalue weighted by Crippen LogP contribution is -2.39. The topological polar surface area (TPSA) is 85.6 Å². The molecule has 3 aliphatic heterocycles. The maximum absolute atomic E-state index is 12.4. The highest BCUT2D eigenvalue weighted by Crippen LogP contribution is 2.38. The smallest absolute Gasteiger partial charge is 0.475 e. The van der Waals surface area contributed by atoms with Crippen molar-refractivity contribution >= 4 is 11.9 Å². The summed E-state index contributed by atoms with van der Waals surface area (Å²) in [4.78, 5) is 25.7. The van der Waals surface area contributed by atoms with Crippen molar-refractivity contribution in [3.05, 3.63) is 0 Å². The molecule has 0 aromatic heterocycles. The molecule has 0 aromatic rings. The third-order valence-corrected chi connectivity index (χ3v) is 5.08. The number of rotatable bonds is 5. The molecule has 3 heterocycles. The molecule has 27 heavy (non-hydrogen) atoms. The highest BCUT2D eigenvalue weighted by molar-refractivity contribution is 5.77. The van der Waals surface area contributed by atoms with E-state index in [1.54, 1.807) is 0 Å². The highest BCUT2D eigenvalue weighted by Gasteiger charge is 2.44. The molecule has 2 fully saturated rings. The fourth-order valence-electron chi connectivity index (χ4n) is 3.60. The van der Waals surface area contributed by atoms with Crippen LogP contribution in [0.5, 0.6) is 0 Å². The second-order valence-electron chi connectivity index (χ2n) is 7.11. The molecular weight excluding hydrogens is 365 g/mol. The van der Waals surface area contributed by atoms with Crippen LogP contribution in [0.25, 0.3) is 0 Å². The molecule has 7 nitrogen and oxygen atoms in total. The number of carbonyl (C=O) groups excluding carboxylic acids is 1. The summed E-state index contributed by atoms with van der Waals surface area (Å²) in [7, 11) is 2.14. The average Bonchev–Trinajstić information content (AvgIpc) is 3.11. The minimum atomic E-state index is -5.08. The molecule has 1 amide bonds. The minimum absolute atomic E-state index is 0.269. The Hall–Kier alpha value is -2.15. The molecule has 0 saturated carbocycles. The monoisotopic (exact) mass is 388 g/mol. The number of alkyl halides is 3. The molecule has 0 bridgehead atoms. The standard InChI is InChI=1S/C15H22N4O.C2HF3O2/c1-3-4-7-15(16-17-15)8-5-14(20)19-9-6-12-10-18(2)11-13(12)19;3-2(4,5)1(6)7/h1,12-13H,4-11H2,2H3;(H,6,7). The molecule has 150 valence electrons. The van der Waals surface area contributed by atoms with Crippen molar-refractivity contribution in [2.45, 2.75) is 50.0 Å². The van der Waals surface area contributed by atoms with Crippen molar-refractivity contribution in [2.75, 3.05) is 26.7 Å². The first kappa shape index (κ1) is 21.2. The second-order valence-corrected chi connectivity index (χ2v) is 7.11. The van der Waals surface area contributed by atoms with E-state index in [-0.39, 0.29) is 11.6 Å². The third kappa shape index (κ3) is 5.66. The van der Waals surface area contributed by atoms with Crippen molar-refractivity contribution in [3.8, 4) is 12.3 Å². The number of aliphatic carboxylic acids is 1. The Balaban J connectivity index is 0.000000321. The van der Waals surface area contributed by atoms with E-state index in [0.717, 1.165) is 38.9 Å². The van der Waals surface area contributed by atoms with Gasteiger partial charge in [0.15, 0.2) is 5.66 Å². The van der Waals surface area contributed by atoms with Crippen LogP contribution in [0.15, 0.2) is 10.2 Å². The summed E-state index contributed by atoms with van der Waals surface area (Å²) in [5.41, 5.74) is -0.326. The van der Waals surface area contributed by atoms with Crippen molar-refractivity contribution in [2.24, 2.45) is 16.1 Å². The number of likely N-dealkylation sites (N-methyl/N-ethyl adjacent to an activating group) is 1. The Morgan fingerprint density at radius 3 is 2.44 bits per heavy atom. The van der Waals surface area contributed by atoms with E-state index in [1.165, 1.54) is 0 Å². The largest absolute Gasteiger partial charge is 0.490 e. The Morgan fingerprint density at radius 1 is 1.30 bits per heavy atom. The van der Waals surface area contributed by atoms with E-state index in [9.17, 15) is 18.0 Å². The zero-order valence-corrected chi connectivity index (χ0v) is 15.1. The maximum Gasteiger partial charge on any atom is 0.490 e. The lowest BCUT2D eigenvalue weighted by atomic mass is 10.0. The zero-order chi connectivity index (χ0) is 20.2. The van der Waals surface area contributed by atoms with Crippen molar-refractivity contribution in [1.29, 1.82) is 0 Å². The summed E-state index contributed by atoms with van der Waals surface area (Å²) in [6, 6.07) is 0.433. The fraction of sp³-hybridized carbons (Fsp3) is 0.765. The Labute approximate surface area is 155 Å². The van der Waals surface area contributed by atoms with Gasteiger partial charge in [-0.25, -0.2) is 4.79 Å². The van der Waals surface area contributed by atoms with Gasteiger partial charge >= 0.3 is 12.1 Å². The van der Waals surface area contributed by atoms with Gasteiger partial charge in [0, 0.05) is 51.4 Å². The van der Waals surface area contributed by atoms with Gasteiger partial charge in [0.1, 0.15) is 0 Å². The lowest BCUT2D eigenvalue weighted by molar-refractivity contribution is -0.192. The highest BCUT2D eigenvalue weighted by atomic mass is 19.4. The maximum atomic E-state index is 12.4. The number of carboxylic acids is 1. The van der Waals surface area contributed by atoms with Crippen LogP contribution in [0.3, 0.4) is 0 Å². The number of terminal acetylenes is 1. The molecule has 2 saturated heterocycles. The summed E-state index contributed by atoms with van der Waals surface area (Å²) in [5, 5.41) is 15.3. The van der Waals surface area contributed by atoms with E-state index >= 15 is 0 Å². The average molecular weight is 388 g/mol. The Morgan fingerprint density at radius 2 is 1.93 bits per heavy atom. The molecule has 0 aliphatic carbocycles. The Bertz CT molecular complexity index is 638. The van der Waals surface area contributed by atoms with Crippen LogP contribution < -0.4 is 0 Å². The quantitative estimate of drug-likeness (QED) is 0.732. The van der Waals surface area contributed by atoms with Crippen LogP contribution in [-0.2, 0) is 9.59 Å². The van der Waals surface area contributed by atoms with Crippen LogP contribution in [0, 0.1) is 18.3 Å². The van der Waals surface area contributed by atoms with Gasteiger partial charge in [0.05, 0.1) is 0 Å². The number of hydrogen-bond acceptors (Lipinski definition) is 5. The van der Waals surface area contributed by atoms with Gasteiger partial charge in [-0.2, -0.15) is 23.4 Å². The van der Waals surface area contributed by atoms with Gasteiger partial charge in [-0.1, -0.05) is 0 Å². The van der Waals surface area contributed by atoms with Gasteiger partial charge < -0.3 is 14.9 Å². The number of likely N-dealkylation sites (tertiary alicyclic amines) is 2. The molecular formula is C17H23F3N4O3. The lowest BCUT2D eigenvalue weighted by Gasteiger charge is -2.24. The molecule has 3 aliphatic rings. The van der Waals surface area contributed by atoms with Crippen LogP contribution in [0.4, 0.5) is 13.2 Å². The van der Waals surface area contributed by atoms with E-state index < -0.39 is 12.1 Å². The molecule has 2 atom stereocenters. The number of halogens is 3. The first-order valence-corrected chi connectivity index (χ1v) is 8.73. The molecule has 0 aromatic carbocycles. The molecule has 3 rings (SSSR count). The van der Waals surface area contributed by atoms with Gasteiger partial charge in [-0.15, -0.1) is 12.3 Å². The first-order valence-electron chi connectivity index (χ1n) is 8.73. The molecule has 0 spiro atoms. The molecule has 10 heteroatoms. The first-order chi connectivity index (χ1) is 12.6. The van der Waals surface area contributed by atoms with Crippen molar-refractivity contribution in [3.63, 3.8) is 0 Å². The van der Waals surface area contributed by atoms with Crippen LogP contribution in [0.1, 0.15) is 32.1 Å². The summed E-state index contributed by atoms with van der Waals surface area (Å²) < 4.78 is 31.7. The predicted octanol–water partition coefficient (Wildman–Crippen LogP) is 2.14. The van der Waals surface area contributed by atoms with Crippen LogP contribution >= 0.6 is 0 Å². The number of carboxylic acid groups (broad SMARTS) is 1. The molecule has 1 N–H and O–H groups in total. The Kier molecular flexibility index (Phi) is 6.46. The predicted molar refractivity (Wildman–Crippen MR) is 89.7 cm³/mol. The number of nitrogens with zero attached hydrogens (tertiary/aromatic N) is 4. The summed E-state index contributed by atoms with van der Waals surface area (Å²) >= 11 is 0. The van der Waals surface area contributed by atoms with Crippen molar-refractivity contribution < 1.29 is 27.9 Å². The number of hydrogen-bond donors (Lipinski definition) is 1. The minimum Gasteiger partial charge on any atom is -0.475 e. The van der Waals surface area contributed by atoms with E-state index in [0.29, 0.717) is 24.8 Å². The van der Waals surface area contributed by atoms with Gasteiger partial charge in [0.2, 0.25) is 5.91 Å². The third-order valence-electron chi connectivity index (χ3n) is 5.08. The van der Waals surface area contributed by atoms with Crippen LogP contribution in [-0.4, -0.2) is 71.3 Å². The normalized spacial score (nSPS) is 25.4. The molecule has 2 unspecified atom stereocenters. The van der Waals surface area contributed by atoms with E-state index in [2.05, 4.69) is 33.0 Å². The van der Waals surface area contributed by atoms with Gasteiger partial charge in [-0.05, 0) is 19.4 Å². The number of carbonyl (C=O) groups is 2. The number of amides is 1. The van der Waals surface area contributed by atoms with Gasteiger partial charge in [0.25, 0.3) is 0 Å².